The number of methoxy groups -OCH3 is 2. The molecule has 0 aliphatic carbocycles. The van der Waals surface area contributed by atoms with Crippen LogP contribution in [0.25, 0.3) is 0 Å². The fourth-order valence-corrected chi connectivity index (χ4v) is 2.30. The second-order valence-electron chi connectivity index (χ2n) is 4.98. The molecule has 0 aromatic heterocycles. The summed E-state index contributed by atoms with van der Waals surface area (Å²) in [6.07, 6.45) is 0.0680. The molecule has 0 amide bonds. The Bertz CT molecular complexity index is 825. The number of hydrogen-bond acceptors (Lipinski definition) is 5. The highest BCUT2D eigenvalue weighted by Gasteiger charge is 2.37. The van der Waals surface area contributed by atoms with E-state index in [0.717, 1.165) is 37.5 Å². The third-order valence-corrected chi connectivity index (χ3v) is 3.41. The van der Waals surface area contributed by atoms with Crippen molar-refractivity contribution in [1.29, 1.82) is 0 Å². The van der Waals surface area contributed by atoms with Gasteiger partial charge in [0.15, 0.2) is 0 Å². The number of halogens is 4. The zero-order chi connectivity index (χ0) is 19.5. The van der Waals surface area contributed by atoms with Gasteiger partial charge in [-0.05, 0) is 30.4 Å². The molecule has 2 rings (SSSR count). The number of nitrogens with zero attached hydrogens (tertiary/aromatic N) is 1. The third-order valence-electron chi connectivity index (χ3n) is 3.41. The summed E-state index contributed by atoms with van der Waals surface area (Å²) in [5.41, 5.74) is -2.70. The van der Waals surface area contributed by atoms with Crippen molar-refractivity contribution in [1.82, 2.24) is 0 Å². The zero-order valence-electron chi connectivity index (χ0n) is 13.6. The van der Waals surface area contributed by atoms with Crippen LogP contribution in [-0.2, 0) is 25.2 Å². The lowest BCUT2D eigenvalue weighted by atomic mass is 10.1. The predicted molar refractivity (Wildman–Crippen MR) is 83.2 cm³/mol. The maximum absolute atomic E-state index is 13.4. The molecular weight excluding hydrogens is 358 g/mol. The number of carbonyl (C=O) groups excluding carboxylic acids is 2. The molecule has 0 N–H and O–H groups in total. The monoisotopic (exact) mass is 371 g/mol. The smallest absolute Gasteiger partial charge is 0.418 e. The molecule has 0 bridgehead atoms. The normalized spacial score (nSPS) is 14.3. The van der Waals surface area contributed by atoms with Crippen LogP contribution in [0.15, 0.2) is 53.9 Å². The Kier molecular flexibility index (Phi) is 5.49. The Morgan fingerprint density at radius 2 is 1.69 bits per heavy atom. The van der Waals surface area contributed by atoms with Gasteiger partial charge >= 0.3 is 18.1 Å². The second kappa shape index (κ2) is 7.42. The van der Waals surface area contributed by atoms with Gasteiger partial charge in [0.05, 0.1) is 31.0 Å². The van der Waals surface area contributed by atoms with Crippen molar-refractivity contribution >= 4 is 17.6 Å². The van der Waals surface area contributed by atoms with E-state index < -0.39 is 40.9 Å². The molecule has 0 unspecified atom stereocenters. The minimum absolute atomic E-state index is 0.300. The first-order valence-electron chi connectivity index (χ1n) is 7.12. The van der Waals surface area contributed by atoms with Crippen LogP contribution in [-0.4, -0.2) is 26.2 Å². The van der Waals surface area contributed by atoms with Crippen molar-refractivity contribution < 1.29 is 36.6 Å². The van der Waals surface area contributed by atoms with E-state index >= 15 is 0 Å². The number of alkyl halides is 3. The molecule has 1 aliphatic rings. The molecule has 1 aromatic carbocycles. The molecule has 0 saturated carbocycles. The summed E-state index contributed by atoms with van der Waals surface area (Å²) in [7, 11) is 2.07. The van der Waals surface area contributed by atoms with E-state index in [9.17, 15) is 27.2 Å². The summed E-state index contributed by atoms with van der Waals surface area (Å²) in [4.78, 5) is 25.0. The molecule has 0 atom stereocenters. The van der Waals surface area contributed by atoms with Gasteiger partial charge in [0, 0.05) is 6.20 Å². The van der Waals surface area contributed by atoms with Gasteiger partial charge in [0.25, 0.3) is 0 Å². The molecule has 1 aromatic rings. The number of esters is 2. The molecule has 9 heteroatoms. The van der Waals surface area contributed by atoms with Gasteiger partial charge in [0.1, 0.15) is 11.5 Å². The van der Waals surface area contributed by atoms with Gasteiger partial charge in [0.2, 0.25) is 0 Å². The maximum Gasteiger partial charge on any atom is 0.418 e. The SMILES string of the molecule is COC(=O)C1=C(C(=O)OC)N(c2ccc(F)cc2C(F)(F)F)C=CC=C1. The summed E-state index contributed by atoms with van der Waals surface area (Å²) >= 11 is 0. The fourth-order valence-electron chi connectivity index (χ4n) is 2.30. The number of hydrogen-bond donors (Lipinski definition) is 0. The van der Waals surface area contributed by atoms with E-state index in [0.29, 0.717) is 6.07 Å². The minimum Gasteiger partial charge on any atom is -0.465 e. The lowest BCUT2D eigenvalue weighted by molar-refractivity contribution is -0.139. The molecule has 26 heavy (non-hydrogen) atoms. The number of allylic oxidation sites excluding steroid dienone is 2. The molecule has 0 spiro atoms. The topological polar surface area (TPSA) is 55.8 Å². The Morgan fingerprint density at radius 3 is 2.27 bits per heavy atom. The quantitative estimate of drug-likeness (QED) is 0.603. The van der Waals surface area contributed by atoms with E-state index in [1.54, 1.807) is 0 Å². The minimum atomic E-state index is -4.91. The van der Waals surface area contributed by atoms with Crippen LogP contribution in [0, 0.1) is 5.82 Å². The first-order valence-corrected chi connectivity index (χ1v) is 7.12. The van der Waals surface area contributed by atoms with Gasteiger partial charge in [-0.2, -0.15) is 13.2 Å². The Balaban J connectivity index is 2.78. The van der Waals surface area contributed by atoms with Crippen LogP contribution in [0.3, 0.4) is 0 Å². The highest BCUT2D eigenvalue weighted by Crippen LogP contribution is 2.39. The molecule has 0 saturated heterocycles. The average Bonchev–Trinajstić information content (AvgIpc) is 2.82. The van der Waals surface area contributed by atoms with E-state index in [4.69, 9.17) is 0 Å². The van der Waals surface area contributed by atoms with Gasteiger partial charge in [-0.1, -0.05) is 6.08 Å². The highest BCUT2D eigenvalue weighted by atomic mass is 19.4. The third kappa shape index (κ3) is 3.76. The van der Waals surface area contributed by atoms with Crippen molar-refractivity contribution in [3.63, 3.8) is 0 Å². The number of ether oxygens (including phenoxy) is 2. The zero-order valence-corrected chi connectivity index (χ0v) is 13.6. The number of rotatable bonds is 3. The van der Waals surface area contributed by atoms with Crippen LogP contribution < -0.4 is 4.90 Å². The fraction of sp³-hybridized carbons (Fsp3) is 0.176. The highest BCUT2D eigenvalue weighted by molar-refractivity contribution is 6.05. The van der Waals surface area contributed by atoms with E-state index in [1.165, 1.54) is 18.2 Å². The standard InChI is InChI=1S/C17H13F4NO4/c1-25-15(23)11-5-3-4-8-22(14(11)16(24)26-2)13-7-6-10(18)9-12(13)17(19,20)21/h3-9H,1-2H3. The van der Waals surface area contributed by atoms with E-state index in [1.807, 2.05) is 0 Å². The van der Waals surface area contributed by atoms with Crippen LogP contribution in [0.1, 0.15) is 5.56 Å². The Morgan fingerprint density at radius 1 is 1.04 bits per heavy atom. The van der Waals surface area contributed by atoms with E-state index in [2.05, 4.69) is 9.47 Å². The van der Waals surface area contributed by atoms with Gasteiger partial charge in [-0.15, -0.1) is 0 Å². The average molecular weight is 371 g/mol. The molecule has 0 fully saturated rings. The van der Waals surface area contributed by atoms with Crippen LogP contribution in [0.4, 0.5) is 23.2 Å². The van der Waals surface area contributed by atoms with Crippen molar-refractivity contribution in [3.05, 3.63) is 65.3 Å². The summed E-state index contributed by atoms with van der Waals surface area (Å²) in [5, 5.41) is 0. The lowest BCUT2D eigenvalue weighted by Crippen LogP contribution is -2.28. The molecule has 138 valence electrons. The summed E-state index contributed by atoms with van der Waals surface area (Å²) in [6.45, 7) is 0. The Labute approximate surface area is 145 Å². The molecule has 1 aliphatic heterocycles. The number of carbonyl (C=O) groups is 2. The van der Waals surface area contributed by atoms with Crippen molar-refractivity contribution in [2.24, 2.45) is 0 Å². The maximum atomic E-state index is 13.4. The Hall–Kier alpha value is -3.10. The van der Waals surface area contributed by atoms with E-state index in [-0.39, 0.29) is 5.57 Å². The van der Waals surface area contributed by atoms with Gasteiger partial charge < -0.3 is 14.4 Å². The summed E-state index contributed by atoms with van der Waals surface area (Å²) in [5.74, 6) is -3.13. The summed E-state index contributed by atoms with van der Waals surface area (Å²) < 4.78 is 62.6. The first kappa shape index (κ1) is 19.2. The van der Waals surface area contributed by atoms with Gasteiger partial charge in [-0.3, -0.25) is 0 Å². The van der Waals surface area contributed by atoms with Crippen molar-refractivity contribution in [2.75, 3.05) is 19.1 Å². The first-order chi connectivity index (χ1) is 12.2. The predicted octanol–water partition coefficient (Wildman–Crippen LogP) is 3.33. The van der Waals surface area contributed by atoms with Crippen LogP contribution >= 0.6 is 0 Å². The van der Waals surface area contributed by atoms with Crippen molar-refractivity contribution in [3.8, 4) is 0 Å². The molecule has 1 heterocycles. The number of anilines is 1. The molecule has 0 radical (unpaired) electrons. The van der Waals surface area contributed by atoms with Crippen LogP contribution in [0.5, 0.6) is 0 Å². The lowest BCUT2D eigenvalue weighted by Gasteiger charge is -2.26. The second-order valence-corrected chi connectivity index (χ2v) is 4.98. The van der Waals surface area contributed by atoms with Gasteiger partial charge in [-0.25, -0.2) is 14.0 Å². The largest absolute Gasteiger partial charge is 0.465 e. The molecule has 5 nitrogen and oxygen atoms in total. The summed E-state index contributed by atoms with van der Waals surface area (Å²) in [6, 6.07) is 1.96. The van der Waals surface area contributed by atoms with Crippen LogP contribution in [0.2, 0.25) is 0 Å². The van der Waals surface area contributed by atoms with Crippen molar-refractivity contribution in [2.45, 2.75) is 6.18 Å². The number of benzene rings is 1. The molecular formula is C17H13F4NO4.